The lowest BCUT2D eigenvalue weighted by atomic mass is 9.48. The fourth-order valence-corrected chi connectivity index (χ4v) is 5.96. The van der Waals surface area contributed by atoms with Crippen LogP contribution >= 0.6 is 0 Å². The zero-order chi connectivity index (χ0) is 15.5. The van der Waals surface area contributed by atoms with Crippen molar-refractivity contribution in [2.24, 2.45) is 23.2 Å². The van der Waals surface area contributed by atoms with Crippen molar-refractivity contribution < 1.29 is 9.59 Å². The van der Waals surface area contributed by atoms with E-state index in [4.69, 9.17) is 0 Å². The molecule has 2 aliphatic heterocycles. The van der Waals surface area contributed by atoms with E-state index >= 15 is 0 Å². The average molecular weight is 302 g/mol. The maximum absolute atomic E-state index is 11.8. The molecule has 22 heavy (non-hydrogen) atoms. The SMILES string of the molecule is CC12CCC3C(CCC4=CC(=O)NCC43C)C1CCC(=O)N2. The first-order valence-corrected chi connectivity index (χ1v) is 8.72. The molecule has 4 heteroatoms. The maximum atomic E-state index is 11.8. The van der Waals surface area contributed by atoms with Gasteiger partial charge in [0.05, 0.1) is 0 Å². The van der Waals surface area contributed by atoms with E-state index in [2.05, 4.69) is 24.5 Å². The van der Waals surface area contributed by atoms with Gasteiger partial charge in [-0.3, -0.25) is 9.59 Å². The molecule has 0 radical (unpaired) electrons. The minimum absolute atomic E-state index is 0.00794. The topological polar surface area (TPSA) is 58.2 Å². The predicted octanol–water partition coefficient (Wildman–Crippen LogP) is 2.15. The monoisotopic (exact) mass is 302 g/mol. The van der Waals surface area contributed by atoms with Crippen LogP contribution in [0.2, 0.25) is 0 Å². The maximum Gasteiger partial charge on any atom is 0.243 e. The van der Waals surface area contributed by atoms with Gasteiger partial charge in [-0.25, -0.2) is 0 Å². The Hall–Kier alpha value is -1.32. The number of carbonyl (C=O) groups is 2. The highest BCUT2D eigenvalue weighted by Gasteiger charge is 2.56. The molecular formula is C18H26N2O2. The number of rotatable bonds is 0. The molecule has 0 aromatic rings. The van der Waals surface area contributed by atoms with Crippen LogP contribution in [0.5, 0.6) is 0 Å². The average Bonchev–Trinajstić information content (AvgIpc) is 2.46. The van der Waals surface area contributed by atoms with Crippen molar-refractivity contribution >= 4 is 11.8 Å². The fraction of sp³-hybridized carbons (Fsp3) is 0.778. The van der Waals surface area contributed by atoms with Crippen LogP contribution in [-0.4, -0.2) is 23.9 Å². The quantitative estimate of drug-likeness (QED) is 0.720. The van der Waals surface area contributed by atoms with Gasteiger partial charge < -0.3 is 10.6 Å². The van der Waals surface area contributed by atoms with E-state index in [0.717, 1.165) is 32.2 Å². The van der Waals surface area contributed by atoms with Crippen molar-refractivity contribution in [1.29, 1.82) is 0 Å². The summed E-state index contributed by atoms with van der Waals surface area (Å²) in [5.41, 5.74) is 1.48. The van der Waals surface area contributed by atoms with E-state index in [9.17, 15) is 9.59 Å². The van der Waals surface area contributed by atoms with Crippen LogP contribution in [0.25, 0.3) is 0 Å². The normalized spacial score (nSPS) is 47.4. The molecule has 2 aliphatic carbocycles. The van der Waals surface area contributed by atoms with Gasteiger partial charge in [0, 0.05) is 30.0 Å². The molecule has 0 bridgehead atoms. The van der Waals surface area contributed by atoms with Crippen molar-refractivity contribution in [3.05, 3.63) is 11.6 Å². The van der Waals surface area contributed by atoms with Crippen LogP contribution in [0.3, 0.4) is 0 Å². The summed E-state index contributed by atoms with van der Waals surface area (Å²) in [4.78, 5) is 23.5. The number of nitrogens with one attached hydrogen (secondary N) is 2. The van der Waals surface area contributed by atoms with Gasteiger partial charge in [-0.05, 0) is 56.8 Å². The van der Waals surface area contributed by atoms with Crippen LogP contribution in [-0.2, 0) is 9.59 Å². The first-order valence-electron chi connectivity index (χ1n) is 8.72. The highest BCUT2D eigenvalue weighted by atomic mass is 16.2. The molecule has 0 aromatic carbocycles. The minimum atomic E-state index is -0.00794. The molecule has 5 unspecified atom stereocenters. The predicted molar refractivity (Wildman–Crippen MR) is 83.9 cm³/mol. The second-order valence-corrected chi connectivity index (χ2v) is 8.26. The summed E-state index contributed by atoms with van der Waals surface area (Å²) >= 11 is 0. The van der Waals surface area contributed by atoms with Gasteiger partial charge in [-0.1, -0.05) is 12.5 Å². The number of hydrogen-bond donors (Lipinski definition) is 2. The third-order valence-corrected chi connectivity index (χ3v) is 7.17. The van der Waals surface area contributed by atoms with Crippen LogP contribution in [0.15, 0.2) is 11.6 Å². The molecule has 4 nitrogen and oxygen atoms in total. The van der Waals surface area contributed by atoms with Crippen LogP contribution < -0.4 is 10.6 Å². The molecule has 0 aromatic heterocycles. The van der Waals surface area contributed by atoms with Crippen LogP contribution in [0.4, 0.5) is 0 Å². The Morgan fingerprint density at radius 1 is 1.09 bits per heavy atom. The van der Waals surface area contributed by atoms with E-state index in [1.165, 1.54) is 12.0 Å². The third kappa shape index (κ3) is 1.88. The van der Waals surface area contributed by atoms with Crippen molar-refractivity contribution in [3.8, 4) is 0 Å². The van der Waals surface area contributed by atoms with Gasteiger partial charge in [0.15, 0.2) is 0 Å². The summed E-state index contributed by atoms with van der Waals surface area (Å²) in [7, 11) is 0. The van der Waals surface area contributed by atoms with Crippen LogP contribution in [0, 0.1) is 23.2 Å². The molecule has 2 heterocycles. The standard InChI is InChI=1S/C18H26N2O2/c1-17-10-19-16(22)9-11(17)3-4-12-13(17)7-8-18(2)14(12)5-6-15(21)20-18/h9,12-14H,3-8,10H2,1-2H3,(H,19,22)(H,20,21). The molecule has 4 rings (SSSR count). The number of carbonyl (C=O) groups excluding carboxylic acids is 2. The summed E-state index contributed by atoms with van der Waals surface area (Å²) in [6, 6.07) is 0. The second-order valence-electron chi connectivity index (χ2n) is 8.26. The Bertz CT molecular complexity index is 569. The number of hydrogen-bond acceptors (Lipinski definition) is 2. The van der Waals surface area contributed by atoms with Gasteiger partial charge in [0.2, 0.25) is 11.8 Å². The summed E-state index contributed by atoms with van der Waals surface area (Å²) in [6.07, 6.45) is 8.02. The Balaban J connectivity index is 1.67. The second kappa shape index (κ2) is 4.59. The Labute approximate surface area is 132 Å². The molecule has 3 fully saturated rings. The number of amides is 2. The largest absolute Gasteiger partial charge is 0.352 e. The van der Waals surface area contributed by atoms with Crippen molar-refractivity contribution in [3.63, 3.8) is 0 Å². The first-order chi connectivity index (χ1) is 10.4. The highest BCUT2D eigenvalue weighted by molar-refractivity contribution is 5.89. The van der Waals surface area contributed by atoms with Gasteiger partial charge in [-0.2, -0.15) is 0 Å². The molecule has 5 atom stereocenters. The Kier molecular flexibility index (Phi) is 2.98. The zero-order valence-corrected chi connectivity index (χ0v) is 13.6. The number of piperidine rings is 1. The minimum Gasteiger partial charge on any atom is -0.352 e. The van der Waals surface area contributed by atoms with Gasteiger partial charge in [0.25, 0.3) is 0 Å². The summed E-state index contributed by atoms with van der Waals surface area (Å²) in [5, 5.41) is 6.35. The summed E-state index contributed by atoms with van der Waals surface area (Å²) in [5.74, 6) is 2.22. The lowest BCUT2D eigenvalue weighted by Gasteiger charge is -2.59. The third-order valence-electron chi connectivity index (χ3n) is 7.17. The van der Waals surface area contributed by atoms with E-state index in [-0.39, 0.29) is 22.8 Å². The summed E-state index contributed by atoms with van der Waals surface area (Å²) < 4.78 is 0. The smallest absolute Gasteiger partial charge is 0.243 e. The fourth-order valence-electron chi connectivity index (χ4n) is 5.96. The summed E-state index contributed by atoms with van der Waals surface area (Å²) in [6.45, 7) is 5.38. The van der Waals surface area contributed by atoms with E-state index in [1.807, 2.05) is 6.08 Å². The molecule has 2 amide bonds. The van der Waals surface area contributed by atoms with Crippen molar-refractivity contribution in [1.82, 2.24) is 10.6 Å². The van der Waals surface area contributed by atoms with Crippen molar-refractivity contribution in [2.75, 3.05) is 6.54 Å². The molecule has 1 saturated heterocycles. The zero-order valence-electron chi connectivity index (χ0n) is 13.6. The van der Waals surface area contributed by atoms with Gasteiger partial charge >= 0.3 is 0 Å². The molecule has 0 spiro atoms. The van der Waals surface area contributed by atoms with Gasteiger partial charge in [0.1, 0.15) is 0 Å². The molecule has 4 aliphatic rings. The first kappa shape index (κ1) is 14.3. The molecule has 2 saturated carbocycles. The van der Waals surface area contributed by atoms with E-state index in [1.54, 1.807) is 0 Å². The molecule has 2 N–H and O–H groups in total. The Morgan fingerprint density at radius 3 is 2.73 bits per heavy atom. The van der Waals surface area contributed by atoms with Crippen LogP contribution in [0.1, 0.15) is 52.4 Å². The lowest BCUT2D eigenvalue weighted by Crippen LogP contribution is -2.63. The van der Waals surface area contributed by atoms with Gasteiger partial charge in [-0.15, -0.1) is 0 Å². The van der Waals surface area contributed by atoms with E-state index < -0.39 is 0 Å². The molecular weight excluding hydrogens is 276 g/mol. The number of fused-ring (bicyclic) bond motifs is 5. The Morgan fingerprint density at radius 2 is 1.91 bits per heavy atom. The lowest BCUT2D eigenvalue weighted by molar-refractivity contribution is -0.132. The highest BCUT2D eigenvalue weighted by Crippen LogP contribution is 2.58. The molecule has 120 valence electrons. The van der Waals surface area contributed by atoms with Crippen molar-refractivity contribution in [2.45, 2.75) is 57.9 Å². The van der Waals surface area contributed by atoms with E-state index in [0.29, 0.717) is 24.2 Å².